The number of aromatic nitrogens is 4. The number of rotatable bonds is 4. The average molecular weight is 302 g/mol. The molecule has 108 valence electrons. The van der Waals surface area contributed by atoms with Gasteiger partial charge < -0.3 is 15.1 Å². The summed E-state index contributed by atoms with van der Waals surface area (Å²) in [6, 6.07) is 6.06. The first-order valence-electron chi connectivity index (χ1n) is 6.21. The van der Waals surface area contributed by atoms with Crippen molar-refractivity contribution < 1.29 is 4.74 Å². The third-order valence-electron chi connectivity index (χ3n) is 2.92. The van der Waals surface area contributed by atoms with Gasteiger partial charge in [-0.3, -0.25) is 0 Å². The standard InChI is InChI=1S/C13H14N6OS/c1-7-3-4-8-9(5-7)18-13(17-8)21-12-10(20-2)11(19-14)15-6-16-12/h3-6H,14H2,1-2H3,(H,17,18)(H,15,16,19). The summed E-state index contributed by atoms with van der Waals surface area (Å²) >= 11 is 1.36. The van der Waals surface area contributed by atoms with Crippen molar-refractivity contribution in [3.63, 3.8) is 0 Å². The lowest BCUT2D eigenvalue weighted by Crippen LogP contribution is -2.10. The van der Waals surface area contributed by atoms with Gasteiger partial charge in [0, 0.05) is 0 Å². The number of anilines is 1. The van der Waals surface area contributed by atoms with Crippen molar-refractivity contribution in [1.82, 2.24) is 19.9 Å². The molecule has 0 spiro atoms. The second-order valence-corrected chi connectivity index (χ2v) is 5.35. The van der Waals surface area contributed by atoms with Crippen LogP contribution in [0.25, 0.3) is 11.0 Å². The van der Waals surface area contributed by atoms with E-state index in [0.29, 0.717) is 16.6 Å². The van der Waals surface area contributed by atoms with Gasteiger partial charge in [0.25, 0.3) is 0 Å². The van der Waals surface area contributed by atoms with Crippen LogP contribution in [-0.2, 0) is 0 Å². The quantitative estimate of drug-likeness (QED) is 0.385. The minimum atomic E-state index is 0.432. The summed E-state index contributed by atoms with van der Waals surface area (Å²) in [5, 5.41) is 1.37. The highest BCUT2D eigenvalue weighted by atomic mass is 32.2. The van der Waals surface area contributed by atoms with Gasteiger partial charge in [0.1, 0.15) is 6.33 Å². The number of hydrogen-bond acceptors (Lipinski definition) is 7. The minimum absolute atomic E-state index is 0.432. The number of aromatic amines is 1. The van der Waals surface area contributed by atoms with Gasteiger partial charge in [0.05, 0.1) is 18.1 Å². The van der Waals surface area contributed by atoms with Crippen LogP contribution in [0.2, 0.25) is 0 Å². The molecule has 0 atom stereocenters. The molecule has 0 aliphatic heterocycles. The number of nitrogens with two attached hydrogens (primary N) is 1. The molecule has 2 heterocycles. The number of hydrogen-bond donors (Lipinski definition) is 3. The molecule has 0 saturated heterocycles. The summed E-state index contributed by atoms with van der Waals surface area (Å²) in [4.78, 5) is 16.0. The fraction of sp³-hybridized carbons (Fsp3) is 0.154. The third kappa shape index (κ3) is 2.63. The van der Waals surface area contributed by atoms with Gasteiger partial charge >= 0.3 is 0 Å². The van der Waals surface area contributed by atoms with Gasteiger partial charge in [-0.25, -0.2) is 20.8 Å². The first-order chi connectivity index (χ1) is 10.2. The highest BCUT2D eigenvalue weighted by Gasteiger charge is 2.14. The van der Waals surface area contributed by atoms with Crippen molar-refractivity contribution in [1.29, 1.82) is 0 Å². The number of H-pyrrole nitrogens is 1. The number of ether oxygens (including phenoxy) is 1. The Morgan fingerprint density at radius 2 is 2.19 bits per heavy atom. The van der Waals surface area contributed by atoms with Crippen molar-refractivity contribution in [3.8, 4) is 5.75 Å². The van der Waals surface area contributed by atoms with Gasteiger partial charge in [-0.15, -0.1) is 0 Å². The van der Waals surface area contributed by atoms with Crippen LogP contribution in [0.1, 0.15) is 5.56 Å². The topological polar surface area (TPSA) is 102 Å². The van der Waals surface area contributed by atoms with Gasteiger partial charge in [0.2, 0.25) is 0 Å². The summed E-state index contributed by atoms with van der Waals surface area (Å²) in [6.45, 7) is 2.04. The highest BCUT2D eigenvalue weighted by molar-refractivity contribution is 7.99. The van der Waals surface area contributed by atoms with Gasteiger partial charge in [-0.2, -0.15) is 0 Å². The van der Waals surface area contributed by atoms with E-state index in [1.807, 2.05) is 19.1 Å². The normalized spacial score (nSPS) is 10.8. The Hall–Kier alpha value is -2.32. The van der Waals surface area contributed by atoms with E-state index in [1.54, 1.807) is 7.11 Å². The first kappa shape index (κ1) is 13.7. The van der Waals surface area contributed by atoms with Crippen LogP contribution in [0.3, 0.4) is 0 Å². The molecule has 0 aliphatic carbocycles. The van der Waals surface area contributed by atoms with Crippen molar-refractivity contribution in [2.24, 2.45) is 5.84 Å². The molecule has 0 amide bonds. The maximum absolute atomic E-state index is 5.41. The summed E-state index contributed by atoms with van der Waals surface area (Å²) in [5.74, 6) is 6.33. The van der Waals surface area contributed by atoms with E-state index in [4.69, 9.17) is 10.6 Å². The van der Waals surface area contributed by atoms with Crippen molar-refractivity contribution >= 4 is 28.6 Å². The number of benzene rings is 1. The van der Waals surface area contributed by atoms with Crippen molar-refractivity contribution in [2.75, 3.05) is 12.5 Å². The van der Waals surface area contributed by atoms with E-state index in [0.717, 1.165) is 16.2 Å². The summed E-state index contributed by atoms with van der Waals surface area (Å²) in [7, 11) is 1.55. The lowest BCUT2D eigenvalue weighted by atomic mass is 10.2. The zero-order valence-electron chi connectivity index (χ0n) is 11.5. The second-order valence-electron chi connectivity index (χ2n) is 4.37. The number of hydrazine groups is 1. The van der Waals surface area contributed by atoms with E-state index in [1.165, 1.54) is 23.7 Å². The number of aryl methyl sites for hydroxylation is 1. The summed E-state index contributed by atoms with van der Waals surface area (Å²) in [5.41, 5.74) is 5.56. The fourth-order valence-electron chi connectivity index (χ4n) is 1.96. The number of methoxy groups -OCH3 is 1. The minimum Gasteiger partial charge on any atom is -0.490 e. The molecule has 0 radical (unpaired) electrons. The van der Waals surface area contributed by atoms with Gasteiger partial charge in [-0.1, -0.05) is 6.07 Å². The van der Waals surface area contributed by atoms with Crippen molar-refractivity contribution in [3.05, 3.63) is 30.1 Å². The van der Waals surface area contributed by atoms with Crippen LogP contribution in [0.15, 0.2) is 34.7 Å². The Labute approximate surface area is 125 Å². The van der Waals surface area contributed by atoms with Crippen LogP contribution in [0.5, 0.6) is 5.75 Å². The molecule has 21 heavy (non-hydrogen) atoms. The van der Waals surface area contributed by atoms with Crippen LogP contribution in [0, 0.1) is 6.92 Å². The molecule has 1 aromatic carbocycles. The fourth-order valence-corrected chi connectivity index (χ4v) is 2.82. The molecule has 0 bridgehead atoms. The van der Waals surface area contributed by atoms with Crippen LogP contribution in [0.4, 0.5) is 5.82 Å². The average Bonchev–Trinajstić information content (AvgIpc) is 2.88. The number of imidazole rings is 1. The number of fused-ring (bicyclic) bond motifs is 1. The Morgan fingerprint density at radius 1 is 1.33 bits per heavy atom. The molecule has 0 saturated carbocycles. The monoisotopic (exact) mass is 302 g/mol. The maximum atomic E-state index is 5.41. The van der Waals surface area contributed by atoms with E-state index >= 15 is 0 Å². The van der Waals surface area contributed by atoms with Crippen LogP contribution < -0.4 is 16.0 Å². The van der Waals surface area contributed by atoms with E-state index < -0.39 is 0 Å². The smallest absolute Gasteiger partial charge is 0.195 e. The largest absolute Gasteiger partial charge is 0.490 e. The zero-order valence-corrected chi connectivity index (χ0v) is 12.4. The maximum Gasteiger partial charge on any atom is 0.195 e. The number of nitrogen functional groups attached to an aromatic ring is 1. The van der Waals surface area contributed by atoms with Gasteiger partial charge in [-0.05, 0) is 36.4 Å². The van der Waals surface area contributed by atoms with Crippen molar-refractivity contribution in [2.45, 2.75) is 17.1 Å². The lowest BCUT2D eigenvalue weighted by Gasteiger charge is -2.09. The Kier molecular flexibility index (Phi) is 3.63. The predicted octanol–water partition coefficient (Wildman–Crippen LogP) is 2.11. The second kappa shape index (κ2) is 5.58. The van der Waals surface area contributed by atoms with E-state index in [2.05, 4.69) is 31.4 Å². The number of nitrogens with zero attached hydrogens (tertiary/aromatic N) is 3. The Morgan fingerprint density at radius 3 is 2.95 bits per heavy atom. The molecule has 3 aromatic rings. The molecular weight excluding hydrogens is 288 g/mol. The molecule has 3 rings (SSSR count). The third-order valence-corrected chi connectivity index (χ3v) is 3.79. The Bertz CT molecular complexity index is 787. The molecular formula is C13H14N6OS. The predicted molar refractivity (Wildman–Crippen MR) is 81.3 cm³/mol. The van der Waals surface area contributed by atoms with Crippen LogP contribution >= 0.6 is 11.8 Å². The Balaban J connectivity index is 1.98. The van der Waals surface area contributed by atoms with E-state index in [-0.39, 0.29) is 0 Å². The summed E-state index contributed by atoms with van der Waals surface area (Å²) < 4.78 is 5.30. The molecule has 4 N–H and O–H groups in total. The van der Waals surface area contributed by atoms with Gasteiger partial charge in [0.15, 0.2) is 21.7 Å². The van der Waals surface area contributed by atoms with E-state index in [9.17, 15) is 0 Å². The SMILES string of the molecule is COc1c(NN)ncnc1Sc1nc2ccc(C)cc2[nH]1. The first-order valence-corrected chi connectivity index (χ1v) is 7.02. The highest BCUT2D eigenvalue weighted by Crippen LogP contribution is 2.35. The molecule has 0 fully saturated rings. The molecule has 0 aliphatic rings. The van der Waals surface area contributed by atoms with Crippen LogP contribution in [-0.4, -0.2) is 27.0 Å². The zero-order chi connectivity index (χ0) is 14.8. The molecule has 0 unspecified atom stereocenters. The summed E-state index contributed by atoms with van der Waals surface area (Å²) in [6.07, 6.45) is 1.42. The molecule has 7 nitrogen and oxygen atoms in total. The molecule has 8 heteroatoms. The molecule has 2 aromatic heterocycles. The number of nitrogens with one attached hydrogen (secondary N) is 2. The lowest BCUT2D eigenvalue weighted by molar-refractivity contribution is 0.400.